The van der Waals surface area contributed by atoms with Crippen LogP contribution >= 0.6 is 0 Å². The minimum Gasteiger partial charge on any atom is -0.355 e. The summed E-state index contributed by atoms with van der Waals surface area (Å²) in [7, 11) is 0. The summed E-state index contributed by atoms with van der Waals surface area (Å²) in [5, 5.41) is 9.16. The average Bonchev–Trinajstić information content (AvgIpc) is 3.40. The number of aryl methyl sites for hydroxylation is 2. The molecule has 31 heavy (non-hydrogen) atoms. The van der Waals surface area contributed by atoms with E-state index in [0.29, 0.717) is 12.3 Å². The number of nitrogens with zero attached hydrogens (tertiary/aromatic N) is 3. The number of para-hydroxylation sites is 2. The van der Waals surface area contributed by atoms with E-state index in [1.165, 1.54) is 0 Å². The maximum absolute atomic E-state index is 12.2. The smallest absolute Gasteiger partial charge is 0.273 e. The Morgan fingerprint density at radius 3 is 2.65 bits per heavy atom. The van der Waals surface area contributed by atoms with Crippen molar-refractivity contribution in [3.05, 3.63) is 72.2 Å². The molecular formula is C23H23N5O3. The van der Waals surface area contributed by atoms with Gasteiger partial charge in [0.25, 0.3) is 5.91 Å². The summed E-state index contributed by atoms with van der Waals surface area (Å²) in [5.74, 6) is 0.730. The van der Waals surface area contributed by atoms with Crippen LogP contribution in [0.25, 0.3) is 22.4 Å². The second kappa shape index (κ2) is 9.25. The van der Waals surface area contributed by atoms with Gasteiger partial charge in [-0.1, -0.05) is 47.6 Å². The third kappa shape index (κ3) is 4.80. The first-order chi connectivity index (χ1) is 15.1. The second-order valence-corrected chi connectivity index (χ2v) is 7.13. The molecule has 0 atom stereocenters. The summed E-state index contributed by atoms with van der Waals surface area (Å²) >= 11 is 0. The van der Waals surface area contributed by atoms with Gasteiger partial charge in [-0.15, -0.1) is 0 Å². The van der Waals surface area contributed by atoms with Gasteiger partial charge in [-0.25, -0.2) is 4.98 Å². The molecule has 2 N–H and O–H groups in total. The normalized spacial score (nSPS) is 10.9. The van der Waals surface area contributed by atoms with Crippen molar-refractivity contribution in [1.29, 1.82) is 0 Å². The molecule has 0 radical (unpaired) electrons. The minimum absolute atomic E-state index is 0.126. The molecule has 158 valence electrons. The first kappa shape index (κ1) is 20.3. The molecule has 2 aromatic heterocycles. The van der Waals surface area contributed by atoms with Gasteiger partial charge in [0, 0.05) is 24.7 Å². The zero-order valence-corrected chi connectivity index (χ0v) is 17.2. The Morgan fingerprint density at radius 1 is 1.03 bits per heavy atom. The van der Waals surface area contributed by atoms with Crippen LogP contribution in [0.3, 0.4) is 0 Å². The van der Waals surface area contributed by atoms with Gasteiger partial charge in [0.2, 0.25) is 5.91 Å². The van der Waals surface area contributed by atoms with Gasteiger partial charge in [-0.3, -0.25) is 9.59 Å². The molecule has 0 bridgehead atoms. The first-order valence-corrected chi connectivity index (χ1v) is 10.1. The Bertz CT molecular complexity index is 1200. The number of hydrogen-bond acceptors (Lipinski definition) is 5. The molecule has 4 aromatic rings. The van der Waals surface area contributed by atoms with E-state index in [2.05, 4.69) is 25.3 Å². The Hall–Kier alpha value is -3.94. The molecule has 0 aliphatic carbocycles. The number of fused-ring (bicyclic) bond motifs is 1. The Kier molecular flexibility index (Phi) is 6.07. The average molecular weight is 417 g/mol. The van der Waals surface area contributed by atoms with Gasteiger partial charge in [0.1, 0.15) is 5.82 Å². The molecule has 0 saturated carbocycles. The van der Waals surface area contributed by atoms with Gasteiger partial charge >= 0.3 is 0 Å². The molecule has 0 spiro atoms. The van der Waals surface area contributed by atoms with Crippen molar-refractivity contribution in [2.75, 3.05) is 13.1 Å². The fourth-order valence-corrected chi connectivity index (χ4v) is 3.38. The number of imidazole rings is 1. The summed E-state index contributed by atoms with van der Waals surface area (Å²) in [6, 6.07) is 18.9. The lowest BCUT2D eigenvalue weighted by Gasteiger charge is -2.08. The summed E-state index contributed by atoms with van der Waals surface area (Å²) < 4.78 is 7.35. The van der Waals surface area contributed by atoms with E-state index < -0.39 is 5.91 Å². The van der Waals surface area contributed by atoms with E-state index in [9.17, 15) is 9.59 Å². The van der Waals surface area contributed by atoms with Gasteiger partial charge in [-0.2, -0.15) is 0 Å². The molecular weight excluding hydrogens is 394 g/mol. The molecule has 8 nitrogen and oxygen atoms in total. The highest BCUT2D eigenvalue weighted by molar-refractivity contribution is 5.95. The Balaban J connectivity index is 1.21. The van der Waals surface area contributed by atoms with Gasteiger partial charge < -0.3 is 19.7 Å². The fraction of sp³-hybridized carbons (Fsp3) is 0.217. The summed E-state index contributed by atoms with van der Waals surface area (Å²) in [4.78, 5) is 28.8. The molecule has 2 amide bonds. The van der Waals surface area contributed by atoms with E-state index >= 15 is 0 Å². The monoisotopic (exact) mass is 417 g/mol. The van der Waals surface area contributed by atoms with Crippen molar-refractivity contribution in [2.45, 2.75) is 19.9 Å². The van der Waals surface area contributed by atoms with E-state index in [4.69, 9.17) is 4.52 Å². The second-order valence-electron chi connectivity index (χ2n) is 7.13. The van der Waals surface area contributed by atoms with Crippen molar-refractivity contribution >= 4 is 22.8 Å². The van der Waals surface area contributed by atoms with Gasteiger partial charge in [0.05, 0.1) is 17.6 Å². The van der Waals surface area contributed by atoms with Crippen LogP contribution in [0, 0.1) is 6.92 Å². The number of amides is 2. The van der Waals surface area contributed by atoms with Crippen LogP contribution in [-0.2, 0) is 11.3 Å². The fourth-order valence-electron chi connectivity index (χ4n) is 3.38. The maximum atomic E-state index is 12.2. The van der Waals surface area contributed by atoms with Crippen molar-refractivity contribution in [1.82, 2.24) is 25.3 Å². The highest BCUT2D eigenvalue weighted by Crippen LogP contribution is 2.19. The number of aromatic nitrogens is 3. The van der Waals surface area contributed by atoms with Crippen LogP contribution in [0.4, 0.5) is 0 Å². The SMILES string of the molecule is Cc1nc2ccccc2n1CCCNC(=O)CNC(=O)c1cc(-c2ccccc2)on1. The van der Waals surface area contributed by atoms with Crippen LogP contribution in [-0.4, -0.2) is 39.6 Å². The topological polar surface area (TPSA) is 102 Å². The standard InChI is InChI=1S/C23H23N5O3/c1-16-26-18-10-5-6-11-20(18)28(16)13-7-12-24-22(29)15-25-23(30)19-14-21(31-27-19)17-8-3-2-4-9-17/h2-6,8-11,14H,7,12-13,15H2,1H3,(H,24,29)(H,25,30). The molecule has 0 aliphatic rings. The van der Waals surface area contributed by atoms with Crippen LogP contribution in [0.2, 0.25) is 0 Å². The lowest BCUT2D eigenvalue weighted by Crippen LogP contribution is -2.37. The molecule has 0 aliphatic heterocycles. The minimum atomic E-state index is -0.457. The van der Waals surface area contributed by atoms with Crippen molar-refractivity contribution < 1.29 is 14.1 Å². The lowest BCUT2D eigenvalue weighted by atomic mass is 10.1. The molecule has 2 heterocycles. The quantitative estimate of drug-likeness (QED) is 0.429. The summed E-state index contributed by atoms with van der Waals surface area (Å²) in [6.45, 7) is 3.10. The third-order valence-corrected chi connectivity index (χ3v) is 4.94. The first-order valence-electron chi connectivity index (χ1n) is 10.1. The third-order valence-electron chi connectivity index (χ3n) is 4.94. The molecule has 0 saturated heterocycles. The van der Waals surface area contributed by atoms with E-state index in [1.54, 1.807) is 6.07 Å². The largest absolute Gasteiger partial charge is 0.355 e. The van der Waals surface area contributed by atoms with E-state index in [1.807, 2.05) is 61.5 Å². The van der Waals surface area contributed by atoms with Crippen LogP contribution in [0.5, 0.6) is 0 Å². The maximum Gasteiger partial charge on any atom is 0.273 e. The molecule has 0 fully saturated rings. The predicted octanol–water partition coefficient (Wildman–Crippen LogP) is 2.94. The van der Waals surface area contributed by atoms with Crippen LogP contribution in [0.15, 0.2) is 65.2 Å². The number of hydrogen-bond donors (Lipinski definition) is 2. The van der Waals surface area contributed by atoms with Crippen molar-refractivity contribution in [3.8, 4) is 11.3 Å². The molecule has 0 unspecified atom stereocenters. The van der Waals surface area contributed by atoms with Gasteiger partial charge in [0.15, 0.2) is 11.5 Å². The van der Waals surface area contributed by atoms with Crippen molar-refractivity contribution in [3.63, 3.8) is 0 Å². The highest BCUT2D eigenvalue weighted by Gasteiger charge is 2.14. The zero-order chi connectivity index (χ0) is 21.6. The van der Waals surface area contributed by atoms with Crippen molar-refractivity contribution in [2.24, 2.45) is 0 Å². The number of carbonyl (C=O) groups is 2. The summed E-state index contributed by atoms with van der Waals surface area (Å²) in [5.41, 5.74) is 3.01. The van der Waals surface area contributed by atoms with Crippen LogP contribution < -0.4 is 10.6 Å². The van der Waals surface area contributed by atoms with Gasteiger partial charge in [-0.05, 0) is 25.5 Å². The van der Waals surface area contributed by atoms with E-state index in [-0.39, 0.29) is 18.1 Å². The summed E-state index contributed by atoms with van der Waals surface area (Å²) in [6.07, 6.45) is 0.755. The van der Waals surface area contributed by atoms with E-state index in [0.717, 1.165) is 35.4 Å². The Morgan fingerprint density at radius 2 is 1.81 bits per heavy atom. The number of benzene rings is 2. The molecule has 8 heteroatoms. The molecule has 2 aromatic carbocycles. The lowest BCUT2D eigenvalue weighted by molar-refractivity contribution is -0.120. The number of carbonyl (C=O) groups excluding carboxylic acids is 2. The predicted molar refractivity (Wildman–Crippen MR) is 116 cm³/mol. The van der Waals surface area contributed by atoms with Crippen LogP contribution in [0.1, 0.15) is 22.7 Å². The number of rotatable bonds is 8. The highest BCUT2D eigenvalue weighted by atomic mass is 16.5. The zero-order valence-electron chi connectivity index (χ0n) is 17.2. The Labute approximate surface area is 179 Å². The number of nitrogens with one attached hydrogen (secondary N) is 2. The molecule has 4 rings (SSSR count).